The number of aromatic nitrogens is 1. The summed E-state index contributed by atoms with van der Waals surface area (Å²) in [7, 11) is 1.92. The van der Waals surface area contributed by atoms with E-state index in [9.17, 15) is 0 Å². The summed E-state index contributed by atoms with van der Waals surface area (Å²) in [6.07, 6.45) is 4.79. The van der Waals surface area contributed by atoms with E-state index in [2.05, 4.69) is 17.2 Å². The average Bonchev–Trinajstić information content (AvgIpc) is 3.02. The molecule has 2 heterocycles. The van der Waals surface area contributed by atoms with E-state index in [1.165, 1.54) is 18.4 Å². The lowest BCUT2D eigenvalue weighted by molar-refractivity contribution is 0.310. The van der Waals surface area contributed by atoms with Crippen molar-refractivity contribution in [2.24, 2.45) is 24.6 Å². The molecule has 0 bridgehead atoms. The van der Waals surface area contributed by atoms with Crippen molar-refractivity contribution < 1.29 is 0 Å². The third-order valence-electron chi connectivity index (χ3n) is 4.30. The van der Waals surface area contributed by atoms with Crippen molar-refractivity contribution in [3.8, 4) is 6.07 Å². The second-order valence-electron chi connectivity index (χ2n) is 5.82. The fourth-order valence-corrected chi connectivity index (χ4v) is 3.18. The maximum atomic E-state index is 8.95. The highest BCUT2D eigenvalue weighted by Gasteiger charge is 2.40. The van der Waals surface area contributed by atoms with Crippen LogP contribution in [-0.4, -0.2) is 28.6 Å². The molecular formula is C14H20N4. The first kappa shape index (κ1) is 11.8. The Hall–Kier alpha value is -1.31. The Morgan fingerprint density at radius 2 is 2.22 bits per heavy atom. The maximum Gasteiger partial charge on any atom is 0.120 e. The molecule has 1 saturated heterocycles. The molecule has 0 aromatic carbocycles. The van der Waals surface area contributed by atoms with Crippen LogP contribution >= 0.6 is 0 Å². The lowest BCUT2D eigenvalue weighted by atomic mass is 9.99. The molecule has 0 amide bonds. The van der Waals surface area contributed by atoms with Crippen LogP contribution in [-0.2, 0) is 13.6 Å². The van der Waals surface area contributed by atoms with E-state index in [1.807, 2.05) is 17.7 Å². The number of nitrogens with zero attached hydrogens (tertiary/aromatic N) is 3. The second-order valence-corrected chi connectivity index (χ2v) is 5.82. The van der Waals surface area contributed by atoms with E-state index >= 15 is 0 Å². The van der Waals surface area contributed by atoms with Crippen molar-refractivity contribution in [1.29, 1.82) is 5.26 Å². The molecule has 1 aromatic rings. The van der Waals surface area contributed by atoms with E-state index < -0.39 is 0 Å². The van der Waals surface area contributed by atoms with Gasteiger partial charge in [0.25, 0.3) is 0 Å². The van der Waals surface area contributed by atoms with Gasteiger partial charge in [-0.25, -0.2) is 0 Å². The Morgan fingerprint density at radius 1 is 1.44 bits per heavy atom. The fraction of sp³-hybridized carbons (Fsp3) is 0.643. The summed E-state index contributed by atoms with van der Waals surface area (Å²) in [6, 6.07) is 4.53. The summed E-state index contributed by atoms with van der Waals surface area (Å²) < 4.78 is 1.89. The number of nitrogens with two attached hydrogens (primary N) is 1. The van der Waals surface area contributed by atoms with Crippen LogP contribution in [0.2, 0.25) is 0 Å². The third kappa shape index (κ3) is 2.16. The molecule has 1 aromatic heterocycles. The summed E-state index contributed by atoms with van der Waals surface area (Å²) in [5.41, 5.74) is 8.18. The summed E-state index contributed by atoms with van der Waals surface area (Å²) in [4.78, 5) is 2.43. The van der Waals surface area contributed by atoms with Crippen LogP contribution in [0.3, 0.4) is 0 Å². The van der Waals surface area contributed by atoms with Crippen molar-refractivity contribution in [3.05, 3.63) is 23.5 Å². The molecule has 1 aliphatic carbocycles. The summed E-state index contributed by atoms with van der Waals surface area (Å²) in [6.45, 7) is 3.05. The molecule has 0 spiro atoms. The Kier molecular flexibility index (Phi) is 2.89. The number of nitriles is 1. The minimum absolute atomic E-state index is 0.344. The van der Waals surface area contributed by atoms with Crippen LogP contribution in [0.5, 0.6) is 0 Å². The zero-order valence-electron chi connectivity index (χ0n) is 10.8. The van der Waals surface area contributed by atoms with Gasteiger partial charge in [0.05, 0.1) is 0 Å². The summed E-state index contributed by atoms with van der Waals surface area (Å²) in [5.74, 6) is 1.58. The van der Waals surface area contributed by atoms with Gasteiger partial charge in [0, 0.05) is 38.9 Å². The van der Waals surface area contributed by atoms with E-state index in [-0.39, 0.29) is 0 Å². The topological polar surface area (TPSA) is 58.0 Å². The van der Waals surface area contributed by atoms with Gasteiger partial charge in [-0.3, -0.25) is 4.90 Å². The van der Waals surface area contributed by atoms with Crippen LogP contribution in [0, 0.1) is 23.2 Å². The number of hydrogen-bond donors (Lipinski definition) is 1. The predicted octanol–water partition coefficient (Wildman–Crippen LogP) is 1.07. The molecule has 1 saturated carbocycles. The van der Waals surface area contributed by atoms with E-state index in [0.29, 0.717) is 12.0 Å². The number of likely N-dealkylation sites (tertiary alicyclic amines) is 1. The van der Waals surface area contributed by atoms with Gasteiger partial charge < -0.3 is 10.3 Å². The monoisotopic (exact) mass is 244 g/mol. The first-order valence-electron chi connectivity index (χ1n) is 6.70. The van der Waals surface area contributed by atoms with E-state index in [0.717, 1.165) is 31.2 Å². The first-order valence-corrected chi connectivity index (χ1v) is 6.70. The Bertz CT molecular complexity index is 480. The number of hydrogen-bond acceptors (Lipinski definition) is 3. The predicted molar refractivity (Wildman–Crippen MR) is 69.6 cm³/mol. The fourth-order valence-electron chi connectivity index (χ4n) is 3.18. The highest BCUT2D eigenvalue weighted by atomic mass is 15.2. The van der Waals surface area contributed by atoms with Gasteiger partial charge in [0.15, 0.2) is 0 Å². The molecule has 3 rings (SSSR count). The molecule has 0 unspecified atom stereocenters. The Labute approximate surface area is 108 Å². The molecule has 2 aliphatic rings. The minimum Gasteiger partial charge on any atom is -0.342 e. The maximum absolute atomic E-state index is 8.95. The van der Waals surface area contributed by atoms with Crippen molar-refractivity contribution in [2.75, 3.05) is 13.1 Å². The zero-order valence-corrected chi connectivity index (χ0v) is 10.8. The van der Waals surface area contributed by atoms with Crippen molar-refractivity contribution in [2.45, 2.75) is 25.4 Å². The molecule has 4 nitrogen and oxygen atoms in total. The van der Waals surface area contributed by atoms with Crippen LogP contribution in [0.4, 0.5) is 0 Å². The molecule has 18 heavy (non-hydrogen) atoms. The Morgan fingerprint density at radius 3 is 2.83 bits per heavy atom. The standard InChI is InChI=1S/C14H20N4/c1-17-6-10(4-12(17)5-15)7-18-8-13(11-2-3-11)14(16)9-18/h4,6,11,13-14H,2-3,7-9,16H2,1H3/t13-,14+/m0/s1. The molecule has 4 heteroatoms. The number of rotatable bonds is 3. The van der Waals surface area contributed by atoms with Crippen LogP contribution in [0.15, 0.2) is 12.3 Å². The highest BCUT2D eigenvalue weighted by molar-refractivity contribution is 5.28. The van der Waals surface area contributed by atoms with Gasteiger partial charge in [0.1, 0.15) is 11.8 Å². The first-order chi connectivity index (χ1) is 8.67. The molecule has 2 N–H and O–H groups in total. The van der Waals surface area contributed by atoms with Gasteiger partial charge >= 0.3 is 0 Å². The van der Waals surface area contributed by atoms with Crippen LogP contribution in [0.25, 0.3) is 0 Å². The average molecular weight is 244 g/mol. The van der Waals surface area contributed by atoms with Gasteiger partial charge in [0.2, 0.25) is 0 Å². The van der Waals surface area contributed by atoms with Crippen molar-refractivity contribution in [1.82, 2.24) is 9.47 Å². The number of aryl methyl sites for hydroxylation is 1. The molecule has 1 aliphatic heterocycles. The van der Waals surface area contributed by atoms with Gasteiger partial charge in [-0.05, 0) is 36.3 Å². The molecule has 2 fully saturated rings. The lowest BCUT2D eigenvalue weighted by Gasteiger charge is -2.14. The summed E-state index contributed by atoms with van der Waals surface area (Å²) in [5, 5.41) is 8.95. The van der Waals surface area contributed by atoms with Crippen molar-refractivity contribution >= 4 is 0 Å². The lowest BCUT2D eigenvalue weighted by Crippen LogP contribution is -2.30. The third-order valence-corrected chi connectivity index (χ3v) is 4.30. The second kappa shape index (κ2) is 4.42. The van der Waals surface area contributed by atoms with E-state index in [4.69, 9.17) is 11.0 Å². The SMILES string of the molecule is Cn1cc(CN2C[C@@H](N)[C@H](C3CC3)C2)cc1C#N. The van der Waals surface area contributed by atoms with Gasteiger partial charge in [-0.1, -0.05) is 0 Å². The molecule has 0 radical (unpaired) electrons. The smallest absolute Gasteiger partial charge is 0.120 e. The van der Waals surface area contributed by atoms with Crippen LogP contribution < -0.4 is 5.73 Å². The normalized spacial score (nSPS) is 28.5. The minimum atomic E-state index is 0.344. The largest absolute Gasteiger partial charge is 0.342 e. The van der Waals surface area contributed by atoms with Gasteiger partial charge in [-0.2, -0.15) is 5.26 Å². The molecule has 2 atom stereocenters. The molecular weight excluding hydrogens is 224 g/mol. The van der Waals surface area contributed by atoms with Crippen LogP contribution in [0.1, 0.15) is 24.1 Å². The quantitative estimate of drug-likeness (QED) is 0.865. The zero-order chi connectivity index (χ0) is 12.7. The van der Waals surface area contributed by atoms with Crippen molar-refractivity contribution in [3.63, 3.8) is 0 Å². The van der Waals surface area contributed by atoms with Gasteiger partial charge in [-0.15, -0.1) is 0 Å². The summed E-state index contributed by atoms with van der Waals surface area (Å²) >= 11 is 0. The van der Waals surface area contributed by atoms with E-state index in [1.54, 1.807) is 0 Å². The Balaban J connectivity index is 1.64. The molecule has 96 valence electrons. The highest BCUT2D eigenvalue weighted by Crippen LogP contribution is 2.41.